The predicted octanol–water partition coefficient (Wildman–Crippen LogP) is 3.92. The number of aromatic nitrogens is 4. The van der Waals surface area contributed by atoms with Gasteiger partial charge in [-0.25, -0.2) is 0 Å². The molecule has 0 radical (unpaired) electrons. The third kappa shape index (κ3) is 4.02. The van der Waals surface area contributed by atoms with Gasteiger partial charge in [0.2, 0.25) is 0 Å². The van der Waals surface area contributed by atoms with Gasteiger partial charge in [-0.05, 0) is 35.9 Å². The van der Waals surface area contributed by atoms with Gasteiger partial charge in [-0.15, -0.1) is 0 Å². The molecule has 0 aliphatic rings. The van der Waals surface area contributed by atoms with Gasteiger partial charge in [0, 0.05) is 35.8 Å². The van der Waals surface area contributed by atoms with E-state index in [0.29, 0.717) is 16.5 Å². The lowest BCUT2D eigenvalue weighted by atomic mass is 10.1. The van der Waals surface area contributed by atoms with E-state index in [1.165, 1.54) is 0 Å². The topological polar surface area (TPSA) is 71.2 Å². The maximum atomic E-state index is 12.4. The molecule has 2 heterocycles. The molecule has 0 fully saturated rings. The van der Waals surface area contributed by atoms with Crippen molar-refractivity contribution in [3.05, 3.63) is 64.9 Å². The number of hydrogen-bond donors (Lipinski definition) is 0. The third-order valence-corrected chi connectivity index (χ3v) is 5.19. The van der Waals surface area contributed by atoms with E-state index in [-0.39, 0.29) is 19.0 Å². The van der Waals surface area contributed by atoms with Crippen molar-refractivity contribution < 1.29 is 14.3 Å². The SMILES string of the molecule is COc1cc(Cl)ccc1-c1cc(CC(=O)OCc2ccc3cnn(C)c3c2)n(C)n1. The number of esters is 1. The molecule has 8 heteroatoms. The fourth-order valence-corrected chi connectivity index (χ4v) is 3.48. The summed E-state index contributed by atoms with van der Waals surface area (Å²) >= 11 is 6.04. The van der Waals surface area contributed by atoms with Crippen LogP contribution in [0, 0.1) is 0 Å². The summed E-state index contributed by atoms with van der Waals surface area (Å²) in [6.07, 6.45) is 1.92. The monoisotopic (exact) mass is 424 g/mol. The summed E-state index contributed by atoms with van der Waals surface area (Å²) in [5.74, 6) is 0.304. The van der Waals surface area contributed by atoms with Gasteiger partial charge >= 0.3 is 5.97 Å². The molecule has 2 aromatic carbocycles. The van der Waals surface area contributed by atoms with Crippen molar-refractivity contribution in [3.63, 3.8) is 0 Å². The van der Waals surface area contributed by atoms with Crippen molar-refractivity contribution in [2.24, 2.45) is 14.1 Å². The molecule has 0 bridgehead atoms. The van der Waals surface area contributed by atoms with E-state index in [1.807, 2.05) is 37.4 Å². The smallest absolute Gasteiger partial charge is 0.312 e. The van der Waals surface area contributed by atoms with E-state index in [0.717, 1.165) is 27.7 Å². The lowest BCUT2D eigenvalue weighted by molar-refractivity contribution is -0.144. The molecule has 7 nitrogen and oxygen atoms in total. The second kappa shape index (κ2) is 8.20. The molecule has 154 valence electrons. The molecule has 0 amide bonds. The molecule has 4 aromatic rings. The van der Waals surface area contributed by atoms with E-state index >= 15 is 0 Å². The minimum atomic E-state index is -0.322. The van der Waals surface area contributed by atoms with Crippen LogP contribution in [-0.2, 0) is 36.7 Å². The summed E-state index contributed by atoms with van der Waals surface area (Å²) in [6, 6.07) is 13.1. The zero-order chi connectivity index (χ0) is 21.3. The highest BCUT2D eigenvalue weighted by Crippen LogP contribution is 2.32. The highest BCUT2D eigenvalue weighted by atomic mass is 35.5. The van der Waals surface area contributed by atoms with E-state index < -0.39 is 0 Å². The molecular formula is C22H21ClN4O3. The van der Waals surface area contributed by atoms with Crippen LogP contribution in [-0.4, -0.2) is 32.6 Å². The van der Waals surface area contributed by atoms with Gasteiger partial charge in [-0.1, -0.05) is 23.7 Å². The van der Waals surface area contributed by atoms with Crippen LogP contribution in [0.4, 0.5) is 0 Å². The number of halogens is 1. The van der Waals surface area contributed by atoms with Gasteiger partial charge in [0.05, 0.1) is 30.9 Å². The molecule has 0 spiro atoms. The summed E-state index contributed by atoms with van der Waals surface area (Å²) in [5, 5.41) is 10.4. The minimum absolute atomic E-state index is 0.118. The Morgan fingerprint density at radius 3 is 2.73 bits per heavy atom. The Hall–Kier alpha value is -3.32. The standard InChI is InChI=1S/C22H21ClN4O3/c1-26-17(10-19(25-26)18-7-6-16(23)9-21(18)29-3)11-22(28)30-13-14-4-5-15-12-24-27(2)20(15)8-14/h4-10,12H,11,13H2,1-3H3. The van der Waals surface area contributed by atoms with Gasteiger partial charge in [0.1, 0.15) is 12.4 Å². The van der Waals surface area contributed by atoms with Crippen LogP contribution in [0.2, 0.25) is 5.02 Å². The molecule has 0 aliphatic carbocycles. The molecule has 0 saturated heterocycles. The summed E-state index contributed by atoms with van der Waals surface area (Å²) in [5.41, 5.74) is 4.17. The maximum absolute atomic E-state index is 12.4. The van der Waals surface area contributed by atoms with Crippen LogP contribution >= 0.6 is 11.6 Å². The minimum Gasteiger partial charge on any atom is -0.496 e. The maximum Gasteiger partial charge on any atom is 0.312 e. The summed E-state index contributed by atoms with van der Waals surface area (Å²) in [7, 11) is 5.26. The fraction of sp³-hybridized carbons (Fsp3) is 0.227. The largest absolute Gasteiger partial charge is 0.496 e. The number of ether oxygens (including phenoxy) is 2. The Kier molecular flexibility index (Phi) is 5.46. The summed E-state index contributed by atoms with van der Waals surface area (Å²) < 4.78 is 14.3. The first-order chi connectivity index (χ1) is 14.4. The van der Waals surface area contributed by atoms with E-state index in [9.17, 15) is 4.79 Å². The van der Waals surface area contributed by atoms with Gasteiger partial charge in [-0.3, -0.25) is 14.2 Å². The predicted molar refractivity (Wildman–Crippen MR) is 114 cm³/mol. The van der Waals surface area contributed by atoms with Crippen molar-refractivity contribution in [3.8, 4) is 17.0 Å². The van der Waals surface area contributed by atoms with Gasteiger partial charge in [0.15, 0.2) is 0 Å². The van der Waals surface area contributed by atoms with Gasteiger partial charge in [-0.2, -0.15) is 10.2 Å². The van der Waals surface area contributed by atoms with Crippen molar-refractivity contribution in [1.82, 2.24) is 19.6 Å². The molecule has 0 N–H and O–H groups in total. The van der Waals surface area contributed by atoms with Crippen LogP contribution in [0.1, 0.15) is 11.3 Å². The first kappa shape index (κ1) is 20.0. The fourth-order valence-electron chi connectivity index (χ4n) is 3.32. The molecule has 0 atom stereocenters. The number of rotatable bonds is 6. The van der Waals surface area contributed by atoms with Crippen molar-refractivity contribution in [2.45, 2.75) is 13.0 Å². The van der Waals surface area contributed by atoms with Crippen LogP contribution in [0.3, 0.4) is 0 Å². The van der Waals surface area contributed by atoms with Crippen LogP contribution < -0.4 is 4.74 Å². The van der Waals surface area contributed by atoms with Gasteiger partial charge in [0.25, 0.3) is 0 Å². The Balaban J connectivity index is 1.45. The second-order valence-electron chi connectivity index (χ2n) is 6.99. The number of nitrogens with zero attached hydrogens (tertiary/aromatic N) is 4. The number of carbonyl (C=O) groups is 1. The lowest BCUT2D eigenvalue weighted by Crippen LogP contribution is -2.11. The Labute approximate surface area is 178 Å². The first-order valence-corrected chi connectivity index (χ1v) is 9.75. The van der Waals surface area contributed by atoms with Crippen LogP contribution in [0.15, 0.2) is 48.7 Å². The molecule has 30 heavy (non-hydrogen) atoms. The molecule has 2 aromatic heterocycles. The number of methoxy groups -OCH3 is 1. The average molecular weight is 425 g/mol. The quantitative estimate of drug-likeness (QED) is 0.439. The van der Waals surface area contributed by atoms with Crippen LogP contribution in [0.5, 0.6) is 5.75 Å². The number of hydrogen-bond acceptors (Lipinski definition) is 5. The summed E-state index contributed by atoms with van der Waals surface area (Å²) in [4.78, 5) is 12.4. The van der Waals surface area contributed by atoms with Crippen molar-refractivity contribution in [2.75, 3.05) is 7.11 Å². The van der Waals surface area contributed by atoms with E-state index in [2.05, 4.69) is 10.2 Å². The third-order valence-electron chi connectivity index (χ3n) is 4.96. The number of aryl methyl sites for hydroxylation is 2. The normalized spacial score (nSPS) is 11.1. The zero-order valence-corrected chi connectivity index (χ0v) is 17.7. The second-order valence-corrected chi connectivity index (χ2v) is 7.42. The summed E-state index contributed by atoms with van der Waals surface area (Å²) in [6.45, 7) is 0.204. The molecule has 0 saturated carbocycles. The van der Waals surface area contributed by atoms with Gasteiger partial charge < -0.3 is 9.47 Å². The first-order valence-electron chi connectivity index (χ1n) is 9.37. The highest BCUT2D eigenvalue weighted by Gasteiger charge is 2.15. The Bertz CT molecular complexity index is 1230. The zero-order valence-electron chi connectivity index (χ0n) is 16.9. The molecular weight excluding hydrogens is 404 g/mol. The molecule has 0 unspecified atom stereocenters. The average Bonchev–Trinajstić information content (AvgIpc) is 3.28. The Morgan fingerprint density at radius 1 is 1.10 bits per heavy atom. The van der Waals surface area contributed by atoms with Crippen molar-refractivity contribution in [1.29, 1.82) is 0 Å². The molecule has 4 rings (SSSR count). The highest BCUT2D eigenvalue weighted by molar-refractivity contribution is 6.30. The van der Waals surface area contributed by atoms with Crippen LogP contribution in [0.25, 0.3) is 22.2 Å². The van der Waals surface area contributed by atoms with E-state index in [4.69, 9.17) is 21.1 Å². The Morgan fingerprint density at radius 2 is 1.93 bits per heavy atom. The molecule has 0 aliphatic heterocycles. The number of fused-ring (bicyclic) bond motifs is 1. The lowest BCUT2D eigenvalue weighted by Gasteiger charge is -2.06. The number of carbonyl (C=O) groups excluding carboxylic acids is 1. The van der Waals surface area contributed by atoms with E-state index in [1.54, 1.807) is 41.9 Å². The number of benzene rings is 2. The van der Waals surface area contributed by atoms with Crippen molar-refractivity contribution >= 4 is 28.5 Å².